The highest BCUT2D eigenvalue weighted by Gasteiger charge is 2.11. The van der Waals surface area contributed by atoms with Gasteiger partial charge in [0.15, 0.2) is 0 Å². The molecular formula is C21H23NO2S. The number of ether oxygens (including phenoxy) is 1. The lowest BCUT2D eigenvalue weighted by atomic mass is 10.1. The van der Waals surface area contributed by atoms with Crippen LogP contribution in [0.4, 0.5) is 0 Å². The molecule has 0 aliphatic carbocycles. The Morgan fingerprint density at radius 2 is 1.84 bits per heavy atom. The molecule has 0 saturated carbocycles. The summed E-state index contributed by atoms with van der Waals surface area (Å²) in [4.78, 5) is 3.67. The van der Waals surface area contributed by atoms with Crippen LogP contribution in [0.5, 0.6) is 11.5 Å². The second kappa shape index (κ2) is 7.06. The van der Waals surface area contributed by atoms with E-state index in [4.69, 9.17) is 4.74 Å². The molecule has 1 N–H and O–H groups in total. The fourth-order valence-electron chi connectivity index (χ4n) is 3.35. The maximum absolute atomic E-state index is 9.88. The van der Waals surface area contributed by atoms with Gasteiger partial charge in [0.1, 0.15) is 18.1 Å². The molecule has 4 rings (SSSR count). The second-order valence-electron chi connectivity index (χ2n) is 6.71. The van der Waals surface area contributed by atoms with Crippen LogP contribution < -0.4 is 4.74 Å². The summed E-state index contributed by atoms with van der Waals surface area (Å²) in [7, 11) is 0. The molecule has 0 spiro atoms. The number of aryl methyl sites for hydroxylation is 1. The third kappa shape index (κ3) is 3.65. The highest BCUT2D eigenvalue weighted by molar-refractivity contribution is 7.22. The molecule has 0 unspecified atom stereocenters. The molecule has 1 fully saturated rings. The molecule has 1 aliphatic heterocycles. The topological polar surface area (TPSA) is 32.7 Å². The first-order valence-corrected chi connectivity index (χ1v) is 9.69. The molecule has 3 aromatic rings. The number of nitrogens with zero attached hydrogens (tertiary/aromatic N) is 1. The fraction of sp³-hybridized carbons (Fsp3) is 0.333. The summed E-state index contributed by atoms with van der Waals surface area (Å²) in [5.41, 5.74) is 2.10. The van der Waals surface area contributed by atoms with E-state index in [0.29, 0.717) is 5.75 Å². The van der Waals surface area contributed by atoms with Crippen LogP contribution in [0.1, 0.15) is 18.4 Å². The van der Waals surface area contributed by atoms with Crippen molar-refractivity contribution in [2.75, 3.05) is 26.2 Å². The van der Waals surface area contributed by atoms with Crippen LogP contribution in [0.3, 0.4) is 0 Å². The Bertz CT molecular complexity index is 824. The number of benzene rings is 2. The van der Waals surface area contributed by atoms with Crippen molar-refractivity contribution < 1.29 is 9.84 Å². The normalized spacial score (nSPS) is 15.1. The van der Waals surface area contributed by atoms with E-state index >= 15 is 0 Å². The zero-order valence-corrected chi connectivity index (χ0v) is 15.3. The summed E-state index contributed by atoms with van der Waals surface area (Å²) in [6, 6.07) is 14.4. The van der Waals surface area contributed by atoms with Crippen molar-refractivity contribution in [1.82, 2.24) is 4.90 Å². The average molecular weight is 353 g/mol. The van der Waals surface area contributed by atoms with Gasteiger partial charge < -0.3 is 9.84 Å². The minimum Gasteiger partial charge on any atom is -0.508 e. The number of hydrogen-bond acceptors (Lipinski definition) is 4. The first kappa shape index (κ1) is 16.4. The van der Waals surface area contributed by atoms with Gasteiger partial charge in [0.05, 0.1) is 0 Å². The Hall–Kier alpha value is -2.04. The number of thiophene rings is 1. The fourth-order valence-corrected chi connectivity index (χ4v) is 4.43. The predicted octanol–water partition coefficient (Wildman–Crippen LogP) is 5.06. The molecule has 0 radical (unpaired) electrons. The Labute approximate surface area is 152 Å². The van der Waals surface area contributed by atoms with Crippen molar-refractivity contribution in [2.45, 2.75) is 19.8 Å². The quantitative estimate of drug-likeness (QED) is 0.696. The second-order valence-corrected chi connectivity index (χ2v) is 7.79. The van der Waals surface area contributed by atoms with Gasteiger partial charge >= 0.3 is 0 Å². The van der Waals surface area contributed by atoms with E-state index in [1.807, 2.05) is 31.2 Å². The summed E-state index contributed by atoms with van der Waals surface area (Å²) in [6.07, 6.45) is 2.64. The van der Waals surface area contributed by atoms with Gasteiger partial charge in [-0.05, 0) is 91.8 Å². The summed E-state index contributed by atoms with van der Waals surface area (Å²) >= 11 is 1.71. The predicted molar refractivity (Wildman–Crippen MR) is 105 cm³/mol. The van der Waals surface area contributed by atoms with E-state index in [1.54, 1.807) is 11.3 Å². The van der Waals surface area contributed by atoms with Crippen molar-refractivity contribution in [3.05, 3.63) is 48.0 Å². The van der Waals surface area contributed by atoms with E-state index in [9.17, 15) is 5.11 Å². The lowest BCUT2D eigenvalue weighted by Gasteiger charge is -2.14. The molecule has 1 saturated heterocycles. The number of fused-ring (bicyclic) bond motifs is 1. The zero-order valence-electron chi connectivity index (χ0n) is 14.5. The van der Waals surface area contributed by atoms with E-state index in [1.165, 1.54) is 41.8 Å². The largest absolute Gasteiger partial charge is 0.508 e. The van der Waals surface area contributed by atoms with Crippen molar-refractivity contribution >= 4 is 21.4 Å². The summed E-state index contributed by atoms with van der Waals surface area (Å²) in [5, 5.41) is 11.1. The standard InChI is InChI=1S/C21H23NO2S/c1-15-12-17-13-20(25-21(17)14-19(15)23)16-4-6-18(7-5-16)24-11-10-22-8-2-3-9-22/h4-7,12-14,23H,2-3,8-11H2,1H3. The number of aromatic hydroxyl groups is 1. The molecule has 4 heteroatoms. The van der Waals surface area contributed by atoms with Crippen LogP contribution in [-0.2, 0) is 0 Å². The van der Waals surface area contributed by atoms with Crippen molar-refractivity contribution in [1.29, 1.82) is 0 Å². The number of hydrogen-bond donors (Lipinski definition) is 1. The van der Waals surface area contributed by atoms with Crippen molar-refractivity contribution in [2.24, 2.45) is 0 Å². The van der Waals surface area contributed by atoms with Gasteiger partial charge in [0.25, 0.3) is 0 Å². The molecule has 0 amide bonds. The molecule has 130 valence electrons. The van der Waals surface area contributed by atoms with E-state index in [2.05, 4.69) is 23.1 Å². The average Bonchev–Trinajstić information content (AvgIpc) is 3.26. The highest BCUT2D eigenvalue weighted by atomic mass is 32.1. The zero-order chi connectivity index (χ0) is 17.2. The molecule has 2 heterocycles. The van der Waals surface area contributed by atoms with E-state index in [0.717, 1.165) is 29.2 Å². The van der Waals surface area contributed by atoms with Crippen LogP contribution in [0, 0.1) is 6.92 Å². The monoisotopic (exact) mass is 353 g/mol. The molecule has 0 atom stereocenters. The number of phenolic OH excluding ortho intramolecular Hbond substituents is 1. The minimum atomic E-state index is 0.364. The van der Waals surface area contributed by atoms with E-state index in [-0.39, 0.29) is 0 Å². The molecule has 25 heavy (non-hydrogen) atoms. The highest BCUT2D eigenvalue weighted by Crippen LogP contribution is 2.36. The molecule has 1 aliphatic rings. The van der Waals surface area contributed by atoms with Gasteiger partial charge in [-0.2, -0.15) is 0 Å². The molecular weight excluding hydrogens is 330 g/mol. The summed E-state index contributed by atoms with van der Waals surface area (Å²) < 4.78 is 6.99. The van der Waals surface area contributed by atoms with Crippen LogP contribution in [0.25, 0.3) is 20.5 Å². The van der Waals surface area contributed by atoms with Crippen molar-refractivity contribution in [3.8, 4) is 21.9 Å². The minimum absolute atomic E-state index is 0.364. The third-order valence-corrected chi connectivity index (χ3v) is 6.00. The lowest BCUT2D eigenvalue weighted by molar-refractivity contribution is 0.238. The first-order valence-electron chi connectivity index (χ1n) is 8.88. The smallest absolute Gasteiger partial charge is 0.119 e. The van der Waals surface area contributed by atoms with Gasteiger partial charge in [-0.25, -0.2) is 0 Å². The molecule has 0 bridgehead atoms. The van der Waals surface area contributed by atoms with Crippen LogP contribution in [-0.4, -0.2) is 36.2 Å². The lowest BCUT2D eigenvalue weighted by Crippen LogP contribution is -2.25. The van der Waals surface area contributed by atoms with Gasteiger partial charge in [0.2, 0.25) is 0 Å². The summed E-state index contributed by atoms with van der Waals surface area (Å²) in [5.74, 6) is 1.29. The van der Waals surface area contributed by atoms with Gasteiger partial charge in [-0.1, -0.05) is 0 Å². The van der Waals surface area contributed by atoms with Crippen LogP contribution >= 0.6 is 11.3 Å². The maximum Gasteiger partial charge on any atom is 0.119 e. The molecule has 2 aromatic carbocycles. The number of phenols is 1. The third-order valence-electron chi connectivity index (χ3n) is 4.85. The van der Waals surface area contributed by atoms with Gasteiger partial charge in [0, 0.05) is 16.1 Å². The summed E-state index contributed by atoms with van der Waals surface area (Å²) in [6.45, 7) is 6.12. The Kier molecular flexibility index (Phi) is 4.64. The maximum atomic E-state index is 9.88. The Balaban J connectivity index is 1.44. The van der Waals surface area contributed by atoms with Gasteiger partial charge in [-0.15, -0.1) is 11.3 Å². The Morgan fingerprint density at radius 3 is 2.60 bits per heavy atom. The van der Waals surface area contributed by atoms with Gasteiger partial charge in [-0.3, -0.25) is 4.90 Å². The number of likely N-dealkylation sites (tertiary alicyclic amines) is 1. The van der Waals surface area contributed by atoms with Crippen LogP contribution in [0.2, 0.25) is 0 Å². The molecule has 3 nitrogen and oxygen atoms in total. The first-order chi connectivity index (χ1) is 12.2. The SMILES string of the molecule is Cc1cc2cc(-c3ccc(OCCN4CCCC4)cc3)sc2cc1O. The number of rotatable bonds is 5. The van der Waals surface area contributed by atoms with E-state index < -0.39 is 0 Å². The Morgan fingerprint density at radius 1 is 1.08 bits per heavy atom. The molecule has 1 aromatic heterocycles. The van der Waals surface area contributed by atoms with Crippen molar-refractivity contribution in [3.63, 3.8) is 0 Å². The van der Waals surface area contributed by atoms with Crippen LogP contribution in [0.15, 0.2) is 42.5 Å².